The summed E-state index contributed by atoms with van der Waals surface area (Å²) in [5, 5.41) is 2.72. The molecule has 1 amide bonds. The van der Waals surface area contributed by atoms with Gasteiger partial charge in [-0.3, -0.25) is 9.59 Å². The monoisotopic (exact) mass is 454 g/mol. The molecule has 2 rings (SSSR count). The Kier molecular flexibility index (Phi) is 9.88. The molecular formula is C24H30N4O5. The van der Waals surface area contributed by atoms with E-state index in [1.165, 1.54) is 0 Å². The number of nitrogens with two attached hydrogens (primary N) is 2. The molecular weight excluding hydrogens is 424 g/mol. The first kappa shape index (κ1) is 25.4. The Morgan fingerprint density at radius 3 is 2.27 bits per heavy atom. The van der Waals surface area contributed by atoms with E-state index < -0.39 is 17.9 Å². The maximum Gasteiger partial charge on any atom is 0.343 e. The minimum absolute atomic E-state index is 0.0748. The van der Waals surface area contributed by atoms with Gasteiger partial charge in [0.15, 0.2) is 12.6 Å². The lowest BCUT2D eigenvalue weighted by Crippen LogP contribution is -2.30. The first-order chi connectivity index (χ1) is 15.8. The van der Waals surface area contributed by atoms with Crippen molar-refractivity contribution >= 4 is 29.5 Å². The molecule has 0 fully saturated rings. The van der Waals surface area contributed by atoms with Crippen molar-refractivity contribution in [2.45, 2.75) is 39.0 Å². The Bertz CT molecular complexity index is 967. The van der Waals surface area contributed by atoms with Crippen LogP contribution in [0.2, 0.25) is 0 Å². The second-order valence-corrected chi connectivity index (χ2v) is 7.43. The summed E-state index contributed by atoms with van der Waals surface area (Å²) in [6.45, 7) is 4.02. The number of nitrogens with one attached hydrogen (secondary N) is 1. The SMILES string of the molecule is CCCCCNC(=O)COC(=O)C(C)c1ccc(OC(=O)c2ccc(N=C(N)N)cc2)cc1. The maximum atomic E-state index is 12.3. The number of rotatable bonds is 11. The summed E-state index contributed by atoms with van der Waals surface area (Å²) in [6, 6.07) is 12.8. The van der Waals surface area contributed by atoms with Gasteiger partial charge in [-0.1, -0.05) is 31.9 Å². The summed E-state index contributed by atoms with van der Waals surface area (Å²) in [7, 11) is 0. The second kappa shape index (κ2) is 12.8. The van der Waals surface area contributed by atoms with Crippen molar-refractivity contribution in [3.63, 3.8) is 0 Å². The summed E-state index contributed by atoms with van der Waals surface area (Å²) >= 11 is 0. The number of nitrogens with zero attached hydrogens (tertiary/aromatic N) is 1. The lowest BCUT2D eigenvalue weighted by atomic mass is 10.0. The van der Waals surface area contributed by atoms with Crippen LogP contribution in [0.5, 0.6) is 5.75 Å². The van der Waals surface area contributed by atoms with Gasteiger partial charge < -0.3 is 26.3 Å². The van der Waals surface area contributed by atoms with E-state index in [2.05, 4.69) is 17.2 Å². The Morgan fingerprint density at radius 1 is 1.00 bits per heavy atom. The van der Waals surface area contributed by atoms with Crippen LogP contribution >= 0.6 is 0 Å². The molecule has 5 N–H and O–H groups in total. The van der Waals surface area contributed by atoms with Gasteiger partial charge in [0.25, 0.3) is 5.91 Å². The molecule has 0 bridgehead atoms. The fourth-order valence-corrected chi connectivity index (χ4v) is 2.86. The van der Waals surface area contributed by atoms with E-state index >= 15 is 0 Å². The molecule has 0 aliphatic heterocycles. The van der Waals surface area contributed by atoms with Crippen LogP contribution in [-0.4, -0.2) is 37.0 Å². The van der Waals surface area contributed by atoms with E-state index in [0.717, 1.165) is 19.3 Å². The van der Waals surface area contributed by atoms with Gasteiger partial charge in [-0.2, -0.15) is 0 Å². The summed E-state index contributed by atoms with van der Waals surface area (Å²) in [4.78, 5) is 40.2. The van der Waals surface area contributed by atoms with Crippen molar-refractivity contribution in [1.29, 1.82) is 0 Å². The van der Waals surface area contributed by atoms with Crippen LogP contribution in [-0.2, 0) is 14.3 Å². The normalized spacial score (nSPS) is 11.2. The lowest BCUT2D eigenvalue weighted by Gasteiger charge is -2.12. The highest BCUT2D eigenvalue weighted by atomic mass is 16.5. The lowest BCUT2D eigenvalue weighted by molar-refractivity contribution is -0.149. The molecule has 0 radical (unpaired) electrons. The molecule has 0 spiro atoms. The van der Waals surface area contributed by atoms with Crippen LogP contribution in [0, 0.1) is 0 Å². The van der Waals surface area contributed by atoms with E-state index in [9.17, 15) is 14.4 Å². The Balaban J connectivity index is 1.85. The van der Waals surface area contributed by atoms with Crippen molar-refractivity contribution < 1.29 is 23.9 Å². The first-order valence-electron chi connectivity index (χ1n) is 10.7. The van der Waals surface area contributed by atoms with Crippen LogP contribution in [0.4, 0.5) is 5.69 Å². The number of esters is 2. The zero-order chi connectivity index (χ0) is 24.2. The predicted octanol–water partition coefficient (Wildman–Crippen LogP) is 2.76. The molecule has 0 saturated heterocycles. The van der Waals surface area contributed by atoms with Crippen LogP contribution in [0.25, 0.3) is 0 Å². The summed E-state index contributed by atoms with van der Waals surface area (Å²) in [5.41, 5.74) is 12.2. The van der Waals surface area contributed by atoms with Gasteiger partial charge in [0.2, 0.25) is 0 Å². The van der Waals surface area contributed by atoms with E-state index in [0.29, 0.717) is 29.1 Å². The number of unbranched alkanes of at least 4 members (excludes halogenated alkanes) is 2. The standard InChI is InChI=1S/C24H30N4O5/c1-3-4-5-14-27-21(29)15-32-22(30)16(2)17-8-12-20(13-9-17)33-23(31)18-6-10-19(11-7-18)28-24(25)26/h6-13,16H,3-5,14-15H2,1-2H3,(H,27,29)(H4,25,26,28). The molecule has 0 heterocycles. The highest BCUT2D eigenvalue weighted by molar-refractivity contribution is 5.91. The second-order valence-electron chi connectivity index (χ2n) is 7.43. The van der Waals surface area contributed by atoms with Crippen molar-refractivity contribution in [1.82, 2.24) is 5.32 Å². The molecule has 33 heavy (non-hydrogen) atoms. The molecule has 2 aromatic carbocycles. The molecule has 9 heteroatoms. The maximum absolute atomic E-state index is 12.3. The molecule has 9 nitrogen and oxygen atoms in total. The minimum Gasteiger partial charge on any atom is -0.455 e. The number of hydrogen-bond acceptors (Lipinski definition) is 6. The van der Waals surface area contributed by atoms with Gasteiger partial charge >= 0.3 is 11.9 Å². The summed E-state index contributed by atoms with van der Waals surface area (Å²) in [5.74, 6) is -1.70. The molecule has 176 valence electrons. The van der Waals surface area contributed by atoms with E-state index in [1.54, 1.807) is 55.5 Å². The Morgan fingerprint density at radius 2 is 1.67 bits per heavy atom. The number of hydrogen-bond donors (Lipinski definition) is 3. The van der Waals surface area contributed by atoms with Crippen LogP contribution in [0.3, 0.4) is 0 Å². The number of amides is 1. The highest BCUT2D eigenvalue weighted by Gasteiger charge is 2.18. The van der Waals surface area contributed by atoms with Crippen LogP contribution < -0.4 is 21.5 Å². The smallest absolute Gasteiger partial charge is 0.343 e. The van der Waals surface area contributed by atoms with E-state index in [-0.39, 0.29) is 18.5 Å². The number of carbonyl (C=O) groups excluding carboxylic acids is 3. The molecule has 2 aromatic rings. The van der Waals surface area contributed by atoms with Crippen molar-refractivity contribution in [3.05, 3.63) is 59.7 Å². The predicted molar refractivity (Wildman–Crippen MR) is 125 cm³/mol. The molecule has 0 aromatic heterocycles. The first-order valence-corrected chi connectivity index (χ1v) is 10.7. The van der Waals surface area contributed by atoms with E-state index in [4.69, 9.17) is 20.9 Å². The third-order valence-corrected chi connectivity index (χ3v) is 4.75. The van der Waals surface area contributed by atoms with Crippen molar-refractivity contribution in [3.8, 4) is 5.75 Å². The fraction of sp³-hybridized carbons (Fsp3) is 0.333. The van der Waals surface area contributed by atoms with Crippen LogP contribution in [0.1, 0.15) is 54.9 Å². The van der Waals surface area contributed by atoms with Crippen molar-refractivity contribution in [2.24, 2.45) is 16.5 Å². The number of carbonyl (C=O) groups is 3. The van der Waals surface area contributed by atoms with Gasteiger partial charge in [0, 0.05) is 6.54 Å². The zero-order valence-corrected chi connectivity index (χ0v) is 18.9. The van der Waals surface area contributed by atoms with Crippen LogP contribution in [0.15, 0.2) is 53.5 Å². The molecule has 0 saturated carbocycles. The Hall–Kier alpha value is -3.88. The Labute approximate surface area is 193 Å². The van der Waals surface area contributed by atoms with Gasteiger partial charge in [0.1, 0.15) is 5.75 Å². The van der Waals surface area contributed by atoms with Crippen molar-refractivity contribution in [2.75, 3.05) is 13.2 Å². The average molecular weight is 455 g/mol. The van der Waals surface area contributed by atoms with Gasteiger partial charge in [0.05, 0.1) is 17.2 Å². The highest BCUT2D eigenvalue weighted by Crippen LogP contribution is 2.22. The summed E-state index contributed by atoms with van der Waals surface area (Å²) in [6.07, 6.45) is 3.00. The fourth-order valence-electron chi connectivity index (χ4n) is 2.86. The largest absolute Gasteiger partial charge is 0.455 e. The van der Waals surface area contributed by atoms with Gasteiger partial charge in [-0.05, 0) is 55.3 Å². The third kappa shape index (κ3) is 8.64. The third-order valence-electron chi connectivity index (χ3n) is 4.75. The summed E-state index contributed by atoms with van der Waals surface area (Å²) < 4.78 is 10.5. The van der Waals surface area contributed by atoms with Gasteiger partial charge in [-0.25, -0.2) is 9.79 Å². The molecule has 0 aliphatic carbocycles. The topological polar surface area (TPSA) is 146 Å². The molecule has 1 atom stereocenters. The zero-order valence-electron chi connectivity index (χ0n) is 18.9. The number of ether oxygens (including phenoxy) is 2. The quantitative estimate of drug-likeness (QED) is 0.155. The number of guanidine groups is 1. The number of aliphatic imine (C=N–C) groups is 1. The average Bonchev–Trinajstić information content (AvgIpc) is 2.80. The number of benzene rings is 2. The molecule has 0 aliphatic rings. The minimum atomic E-state index is -0.578. The molecule has 1 unspecified atom stereocenters. The van der Waals surface area contributed by atoms with E-state index in [1.807, 2.05) is 0 Å². The van der Waals surface area contributed by atoms with Gasteiger partial charge in [-0.15, -0.1) is 0 Å².